The molecule has 10 aliphatic rings. The van der Waals surface area contributed by atoms with Crippen molar-refractivity contribution in [3.8, 4) is 0 Å². The van der Waals surface area contributed by atoms with E-state index in [-0.39, 0.29) is 10.8 Å². The van der Waals surface area contributed by atoms with E-state index in [1.165, 1.54) is 37.5 Å². The van der Waals surface area contributed by atoms with Gasteiger partial charge in [0.05, 0.1) is 26.4 Å². The lowest BCUT2D eigenvalue weighted by Crippen LogP contribution is -2.54. The van der Waals surface area contributed by atoms with Gasteiger partial charge in [-0.1, -0.05) is 25.0 Å². The van der Waals surface area contributed by atoms with Crippen LogP contribution in [-0.2, 0) is 57.1 Å². The number of ether oxygens (including phenoxy) is 8. The molecular weight excluding hydrogens is 793 g/mol. The standard InChI is InChI=1S/2C25H34O6/c2*1-23-11-9-18-17-8-6-16(26)13-15(17)5-7-19(18)20(23)10-12-25(23)21(14-22(27)28-3)30-24(2,29-4)31-25/h2*13-14,17-20H,5-12H2,1-4H3/b2*21-14+/t2*17-,18+,19+,20-,23-,24-,25+/m00/s1. The number of methoxy groups -OCH3 is 4. The van der Waals surface area contributed by atoms with Crippen molar-refractivity contribution in [2.45, 2.75) is 154 Å². The second-order valence-corrected chi connectivity index (χ2v) is 20.9. The molecule has 340 valence electrons. The fourth-order valence-electron chi connectivity index (χ4n) is 15.6. The lowest BCUT2D eigenvalue weighted by atomic mass is 9.50. The molecule has 2 spiro atoms. The summed E-state index contributed by atoms with van der Waals surface area (Å²) < 4.78 is 46.4. The van der Waals surface area contributed by atoms with Crippen molar-refractivity contribution in [1.29, 1.82) is 0 Å². The summed E-state index contributed by atoms with van der Waals surface area (Å²) >= 11 is 0. The molecule has 2 aliphatic heterocycles. The Morgan fingerprint density at radius 1 is 0.548 bits per heavy atom. The molecule has 0 aromatic rings. The number of carbonyl (C=O) groups is 4. The summed E-state index contributed by atoms with van der Waals surface area (Å²) in [5.41, 5.74) is 1.15. The SMILES string of the molecule is COC(=O)/C=C1/O[C@](C)(OC)O[C@]12CC[C@H]1[C@@H]3CCC4=CC(=O)CC[C@@H]4[C@H]3CC[C@@]12C.COC(=O)/C=C1/O[C@](C)(OC)O[C@]12CC[C@H]1[C@@H]3CCC4=CC(=O)CC[C@@H]4[C@H]3CC[C@@]12C. The smallest absolute Gasteiger partial charge is 0.333 e. The van der Waals surface area contributed by atoms with Gasteiger partial charge in [-0.3, -0.25) is 9.59 Å². The maximum absolute atomic E-state index is 12.2. The van der Waals surface area contributed by atoms with Gasteiger partial charge in [0.1, 0.15) is 22.7 Å². The zero-order valence-corrected chi connectivity index (χ0v) is 38.1. The van der Waals surface area contributed by atoms with Crippen LogP contribution in [0.25, 0.3) is 0 Å². The highest BCUT2D eigenvalue weighted by Crippen LogP contribution is 2.71. The van der Waals surface area contributed by atoms with Crippen LogP contribution in [0.4, 0.5) is 0 Å². The number of hydrogen-bond acceptors (Lipinski definition) is 12. The summed E-state index contributed by atoms with van der Waals surface area (Å²) in [6, 6.07) is 0. The maximum Gasteiger partial charge on any atom is 0.333 e. The van der Waals surface area contributed by atoms with Crippen LogP contribution in [0, 0.1) is 58.2 Å². The summed E-state index contributed by atoms with van der Waals surface area (Å²) in [7, 11) is 5.90. The molecule has 8 fully saturated rings. The second kappa shape index (κ2) is 15.7. The summed E-state index contributed by atoms with van der Waals surface area (Å²) in [6.45, 7) is 8.19. The van der Waals surface area contributed by atoms with Crippen molar-refractivity contribution in [2.75, 3.05) is 28.4 Å². The van der Waals surface area contributed by atoms with Gasteiger partial charge in [0.25, 0.3) is 0 Å². The van der Waals surface area contributed by atoms with E-state index < -0.39 is 35.1 Å². The molecule has 0 N–H and O–H groups in total. The van der Waals surface area contributed by atoms with Gasteiger partial charge in [-0.25, -0.2) is 9.59 Å². The largest absolute Gasteiger partial charge is 0.466 e. The topological polar surface area (TPSA) is 142 Å². The molecule has 2 heterocycles. The molecule has 62 heavy (non-hydrogen) atoms. The molecular formula is C50H68O12. The highest BCUT2D eigenvalue weighted by Gasteiger charge is 2.72. The third kappa shape index (κ3) is 6.64. The van der Waals surface area contributed by atoms with E-state index in [0.29, 0.717) is 83.3 Å². The average Bonchev–Trinajstić information content (AvgIpc) is 3.94. The Morgan fingerprint density at radius 3 is 1.32 bits per heavy atom. The number of allylic oxidation sites excluding steroid dienone is 2. The van der Waals surface area contributed by atoms with Gasteiger partial charge in [-0.05, 0) is 149 Å². The monoisotopic (exact) mass is 860 g/mol. The van der Waals surface area contributed by atoms with Crippen LogP contribution >= 0.6 is 0 Å². The normalized spacial score (nSPS) is 47.4. The second-order valence-electron chi connectivity index (χ2n) is 20.9. The summed E-state index contributed by atoms with van der Waals surface area (Å²) in [5, 5.41) is 0. The summed E-state index contributed by atoms with van der Waals surface area (Å²) in [6.07, 6.45) is 22.5. The van der Waals surface area contributed by atoms with Crippen LogP contribution in [0.15, 0.2) is 47.0 Å². The fourth-order valence-corrected chi connectivity index (χ4v) is 15.6. The van der Waals surface area contributed by atoms with E-state index in [0.717, 1.165) is 89.9 Å². The summed E-state index contributed by atoms with van der Waals surface area (Å²) in [5.74, 6) is 3.06. The van der Waals surface area contributed by atoms with Crippen molar-refractivity contribution in [3.63, 3.8) is 0 Å². The Kier molecular flexibility index (Phi) is 11.1. The van der Waals surface area contributed by atoms with Gasteiger partial charge in [-0.2, -0.15) is 0 Å². The van der Waals surface area contributed by atoms with Crippen molar-refractivity contribution in [2.24, 2.45) is 58.2 Å². The third-order valence-corrected chi connectivity index (χ3v) is 18.6. The molecule has 0 aromatic heterocycles. The van der Waals surface area contributed by atoms with Gasteiger partial charge < -0.3 is 37.9 Å². The van der Waals surface area contributed by atoms with Crippen LogP contribution in [0.5, 0.6) is 0 Å². The van der Waals surface area contributed by atoms with Crippen molar-refractivity contribution < 1.29 is 57.1 Å². The van der Waals surface area contributed by atoms with Crippen molar-refractivity contribution in [1.82, 2.24) is 0 Å². The van der Waals surface area contributed by atoms with Gasteiger partial charge in [0, 0.05) is 51.7 Å². The summed E-state index contributed by atoms with van der Waals surface area (Å²) in [4.78, 5) is 48.3. The number of ketones is 2. The molecule has 6 saturated carbocycles. The maximum atomic E-state index is 12.2. The molecule has 12 nitrogen and oxygen atoms in total. The van der Waals surface area contributed by atoms with Crippen LogP contribution in [-0.4, -0.2) is 75.1 Å². The predicted octanol–water partition coefficient (Wildman–Crippen LogP) is 8.58. The van der Waals surface area contributed by atoms with Gasteiger partial charge in [-0.15, -0.1) is 0 Å². The Balaban J connectivity index is 0.000000158. The van der Waals surface area contributed by atoms with Crippen LogP contribution in [0.3, 0.4) is 0 Å². The van der Waals surface area contributed by atoms with Crippen molar-refractivity contribution in [3.05, 3.63) is 47.0 Å². The molecule has 8 aliphatic carbocycles. The molecule has 2 saturated heterocycles. The Bertz CT molecular complexity index is 1860. The molecule has 10 rings (SSSR count). The zero-order valence-electron chi connectivity index (χ0n) is 38.1. The molecule has 0 bridgehead atoms. The Labute approximate surface area is 366 Å². The minimum Gasteiger partial charge on any atom is -0.466 e. The Morgan fingerprint density at radius 2 is 0.952 bits per heavy atom. The fraction of sp³-hybridized carbons (Fsp3) is 0.760. The first-order chi connectivity index (χ1) is 29.5. The van der Waals surface area contributed by atoms with Gasteiger partial charge in [0.15, 0.2) is 11.6 Å². The van der Waals surface area contributed by atoms with Gasteiger partial charge in [0.2, 0.25) is 0 Å². The zero-order chi connectivity index (χ0) is 44.0. The van der Waals surface area contributed by atoms with E-state index in [9.17, 15) is 19.2 Å². The van der Waals surface area contributed by atoms with Crippen LogP contribution in [0.1, 0.15) is 130 Å². The number of esters is 2. The minimum absolute atomic E-state index is 0.143. The third-order valence-electron chi connectivity index (χ3n) is 18.6. The number of rotatable bonds is 4. The number of carbonyl (C=O) groups excluding carboxylic acids is 4. The quantitative estimate of drug-likeness (QED) is 0.197. The van der Waals surface area contributed by atoms with E-state index in [1.54, 1.807) is 28.1 Å². The van der Waals surface area contributed by atoms with Crippen LogP contribution < -0.4 is 0 Å². The minimum atomic E-state index is -1.21. The van der Waals surface area contributed by atoms with Crippen molar-refractivity contribution >= 4 is 23.5 Å². The predicted molar refractivity (Wildman–Crippen MR) is 225 cm³/mol. The van der Waals surface area contributed by atoms with E-state index in [4.69, 9.17) is 37.9 Å². The first-order valence-corrected chi connectivity index (χ1v) is 23.5. The molecule has 0 aromatic carbocycles. The highest BCUT2D eigenvalue weighted by molar-refractivity contribution is 5.92. The van der Waals surface area contributed by atoms with E-state index in [2.05, 4.69) is 13.8 Å². The number of hydrogen-bond donors (Lipinski definition) is 0. The lowest BCUT2D eigenvalue weighted by molar-refractivity contribution is -0.332. The highest BCUT2D eigenvalue weighted by atomic mass is 16.9. The number of fused-ring (bicyclic) bond motifs is 12. The molecule has 14 atom stereocenters. The van der Waals surface area contributed by atoms with E-state index >= 15 is 0 Å². The first kappa shape index (κ1) is 43.9. The molecule has 12 heteroatoms. The molecule has 0 amide bonds. The Hall–Kier alpha value is -3.32. The molecule has 0 radical (unpaired) electrons. The first-order valence-electron chi connectivity index (χ1n) is 23.5. The average molecular weight is 861 g/mol. The van der Waals surface area contributed by atoms with E-state index in [1.807, 2.05) is 12.2 Å². The lowest BCUT2D eigenvalue weighted by Gasteiger charge is -2.55. The van der Waals surface area contributed by atoms with Crippen LogP contribution in [0.2, 0.25) is 0 Å². The molecule has 0 unspecified atom stereocenters. The van der Waals surface area contributed by atoms with Gasteiger partial charge >= 0.3 is 23.9 Å².